The van der Waals surface area contributed by atoms with Crippen LogP contribution in [0.2, 0.25) is 0 Å². The highest BCUT2D eigenvalue weighted by Crippen LogP contribution is 2.67. The molecule has 9 atom stereocenters. The van der Waals surface area contributed by atoms with Gasteiger partial charge in [0.15, 0.2) is 0 Å². The minimum absolute atomic E-state index is 0.0566. The highest BCUT2D eigenvalue weighted by Gasteiger charge is 2.59. The highest BCUT2D eigenvalue weighted by atomic mass is 16.5. The van der Waals surface area contributed by atoms with Gasteiger partial charge >= 0.3 is 5.97 Å². The van der Waals surface area contributed by atoms with Gasteiger partial charge in [-0.3, -0.25) is 4.79 Å². The van der Waals surface area contributed by atoms with Crippen molar-refractivity contribution in [3.05, 3.63) is 36.0 Å². The van der Waals surface area contributed by atoms with Gasteiger partial charge in [-0.25, -0.2) is 0 Å². The largest absolute Gasteiger partial charge is 0.462 e. The third-order valence-corrected chi connectivity index (χ3v) is 15.7. The van der Waals surface area contributed by atoms with Crippen molar-refractivity contribution in [2.75, 3.05) is 0 Å². The molecule has 0 aliphatic heterocycles. The van der Waals surface area contributed by atoms with Crippen molar-refractivity contribution >= 4 is 5.97 Å². The molecular formula is C51H88O2. The van der Waals surface area contributed by atoms with Gasteiger partial charge in [-0.1, -0.05) is 161 Å². The van der Waals surface area contributed by atoms with Gasteiger partial charge in [0, 0.05) is 12.8 Å². The van der Waals surface area contributed by atoms with Gasteiger partial charge in [-0.15, -0.1) is 0 Å². The number of fused-ring (bicyclic) bond motifs is 5. The van der Waals surface area contributed by atoms with E-state index in [4.69, 9.17) is 4.74 Å². The van der Waals surface area contributed by atoms with Crippen molar-refractivity contribution in [1.29, 1.82) is 0 Å². The van der Waals surface area contributed by atoms with E-state index in [0.29, 0.717) is 29.1 Å². The first-order chi connectivity index (χ1) is 25.6. The lowest BCUT2D eigenvalue weighted by atomic mass is 9.47. The molecule has 4 rings (SSSR count). The summed E-state index contributed by atoms with van der Waals surface area (Å²) in [6.45, 7) is 17.2. The van der Waals surface area contributed by atoms with Crippen molar-refractivity contribution in [1.82, 2.24) is 0 Å². The predicted octanol–water partition coefficient (Wildman–Crippen LogP) is 15.9. The lowest BCUT2D eigenvalue weighted by Gasteiger charge is -2.58. The SMILES string of the molecule is CCCCCCCC/C=C\CCCCCCCCCCCC(=O)O[C@H]1CC[C@@]2(C)C(=CC[C@H]3[C@@H]4CC[C@H]([C@H](C)/C=C/[C@@H](CC)C(C)C)[C@@]4(C)CC[C@@H]32)C1. The minimum atomic E-state index is 0.0566. The summed E-state index contributed by atoms with van der Waals surface area (Å²) in [5.41, 5.74) is 2.44. The van der Waals surface area contributed by atoms with Crippen LogP contribution in [-0.2, 0) is 9.53 Å². The van der Waals surface area contributed by atoms with Crippen molar-refractivity contribution in [2.24, 2.45) is 52.3 Å². The molecule has 53 heavy (non-hydrogen) atoms. The van der Waals surface area contributed by atoms with Gasteiger partial charge in [0.1, 0.15) is 6.10 Å². The molecule has 0 unspecified atom stereocenters. The van der Waals surface area contributed by atoms with E-state index in [2.05, 4.69) is 78.8 Å². The molecule has 3 saturated carbocycles. The Hall–Kier alpha value is -1.31. The monoisotopic (exact) mass is 733 g/mol. The predicted molar refractivity (Wildman–Crippen MR) is 230 cm³/mol. The molecule has 0 aromatic carbocycles. The molecule has 0 N–H and O–H groups in total. The van der Waals surface area contributed by atoms with E-state index in [-0.39, 0.29) is 12.1 Å². The van der Waals surface area contributed by atoms with Gasteiger partial charge in [0.05, 0.1) is 0 Å². The van der Waals surface area contributed by atoms with Gasteiger partial charge in [-0.05, 0) is 136 Å². The maximum absolute atomic E-state index is 12.9. The van der Waals surface area contributed by atoms with Gasteiger partial charge in [0.2, 0.25) is 0 Å². The fourth-order valence-corrected chi connectivity index (χ4v) is 12.2. The standard InChI is InChI=1S/C51H88O2/c1-8-10-11-12-13-14-15-16-17-18-19-20-21-22-23-24-25-26-27-28-49(52)53-44-35-37-50(6)43(39-44)31-32-45-47-34-33-46(51(47,7)38-36-48(45)50)41(5)29-30-42(9-2)40(3)4/h16-17,29-31,40-42,44-48H,8-15,18-28,32-39H2,1-7H3/b17-16-,30-29+/t41-,42-,44+,45+,46-,47+,48+,50+,51-/m1/s1. The van der Waals surface area contributed by atoms with Crippen molar-refractivity contribution in [3.63, 3.8) is 0 Å². The van der Waals surface area contributed by atoms with E-state index >= 15 is 0 Å². The van der Waals surface area contributed by atoms with Crippen LogP contribution in [-0.4, -0.2) is 12.1 Å². The second-order valence-electron chi connectivity index (χ2n) is 19.7. The van der Waals surface area contributed by atoms with Gasteiger partial charge < -0.3 is 4.74 Å². The second-order valence-corrected chi connectivity index (χ2v) is 19.7. The van der Waals surface area contributed by atoms with Crippen molar-refractivity contribution in [3.8, 4) is 0 Å². The molecule has 2 nitrogen and oxygen atoms in total. The van der Waals surface area contributed by atoms with E-state index in [9.17, 15) is 4.79 Å². The van der Waals surface area contributed by atoms with Crippen LogP contribution in [0.5, 0.6) is 0 Å². The third-order valence-electron chi connectivity index (χ3n) is 15.7. The van der Waals surface area contributed by atoms with Crippen LogP contribution in [0, 0.1) is 52.3 Å². The topological polar surface area (TPSA) is 26.3 Å². The van der Waals surface area contributed by atoms with Crippen LogP contribution in [0.3, 0.4) is 0 Å². The quantitative estimate of drug-likeness (QED) is 0.0531. The molecule has 0 heterocycles. The molecule has 4 aliphatic carbocycles. The van der Waals surface area contributed by atoms with Crippen LogP contribution >= 0.6 is 0 Å². The number of hydrogen-bond acceptors (Lipinski definition) is 2. The van der Waals surface area contributed by atoms with Crippen molar-refractivity contribution < 1.29 is 9.53 Å². The Balaban J connectivity index is 1.07. The Kier molecular flexibility index (Phi) is 19.3. The first-order valence-electron chi connectivity index (χ1n) is 23.9. The van der Waals surface area contributed by atoms with Crippen LogP contribution in [0.1, 0.15) is 222 Å². The minimum Gasteiger partial charge on any atom is -0.462 e. The molecule has 0 saturated heterocycles. The number of carbonyl (C=O) groups is 1. The van der Waals surface area contributed by atoms with Gasteiger partial charge in [-0.2, -0.15) is 0 Å². The van der Waals surface area contributed by atoms with Gasteiger partial charge in [0.25, 0.3) is 0 Å². The molecule has 0 aromatic rings. The first kappa shape index (κ1) is 44.4. The molecule has 0 bridgehead atoms. The molecule has 0 radical (unpaired) electrons. The number of hydrogen-bond donors (Lipinski definition) is 0. The maximum atomic E-state index is 12.9. The summed E-state index contributed by atoms with van der Waals surface area (Å²) in [6, 6.07) is 0. The number of rotatable bonds is 25. The molecule has 3 fully saturated rings. The lowest BCUT2D eigenvalue weighted by molar-refractivity contribution is -0.151. The summed E-state index contributed by atoms with van der Waals surface area (Å²) in [5, 5.41) is 0. The Morgan fingerprint density at radius 3 is 2.00 bits per heavy atom. The molecular weight excluding hydrogens is 645 g/mol. The summed E-state index contributed by atoms with van der Waals surface area (Å²) in [5.74, 6) is 5.54. The fourth-order valence-electron chi connectivity index (χ4n) is 12.2. The van der Waals surface area contributed by atoms with E-state index in [1.165, 1.54) is 148 Å². The van der Waals surface area contributed by atoms with E-state index in [1.807, 2.05) is 0 Å². The molecule has 0 aromatic heterocycles. The molecule has 2 heteroatoms. The number of allylic oxidation sites excluding steroid dienone is 5. The van der Waals surface area contributed by atoms with Crippen molar-refractivity contribution in [2.45, 2.75) is 228 Å². The molecule has 4 aliphatic rings. The lowest BCUT2D eigenvalue weighted by Crippen LogP contribution is -2.51. The first-order valence-corrected chi connectivity index (χ1v) is 23.9. The Bertz CT molecular complexity index is 1130. The van der Waals surface area contributed by atoms with E-state index in [1.54, 1.807) is 5.57 Å². The second kappa shape index (κ2) is 23.0. The molecule has 0 spiro atoms. The summed E-state index contributed by atoms with van der Waals surface area (Å²) >= 11 is 0. The molecule has 0 amide bonds. The average molecular weight is 733 g/mol. The highest BCUT2D eigenvalue weighted by molar-refractivity contribution is 5.69. The number of esters is 1. The van der Waals surface area contributed by atoms with E-state index in [0.717, 1.165) is 48.9 Å². The zero-order valence-electron chi connectivity index (χ0n) is 36.4. The third kappa shape index (κ3) is 12.9. The number of ether oxygens (including phenoxy) is 1. The Labute approximate surface area is 330 Å². The van der Waals surface area contributed by atoms with E-state index < -0.39 is 0 Å². The van der Waals surface area contributed by atoms with Crippen LogP contribution < -0.4 is 0 Å². The van der Waals surface area contributed by atoms with Crippen LogP contribution in [0.4, 0.5) is 0 Å². The average Bonchev–Trinajstić information content (AvgIpc) is 3.50. The summed E-state index contributed by atoms with van der Waals surface area (Å²) in [7, 11) is 0. The summed E-state index contributed by atoms with van der Waals surface area (Å²) in [6.07, 6.45) is 47.3. The molecule has 304 valence electrons. The summed E-state index contributed by atoms with van der Waals surface area (Å²) < 4.78 is 6.16. The fraction of sp³-hybridized carbons (Fsp3) is 0.863. The Morgan fingerprint density at radius 1 is 0.755 bits per heavy atom. The van der Waals surface area contributed by atoms with Crippen LogP contribution in [0.15, 0.2) is 36.0 Å². The number of unbranched alkanes of at least 4 members (excludes halogenated alkanes) is 15. The summed E-state index contributed by atoms with van der Waals surface area (Å²) in [4.78, 5) is 12.9. The smallest absolute Gasteiger partial charge is 0.306 e. The normalized spacial score (nSPS) is 31.0. The van der Waals surface area contributed by atoms with Crippen LogP contribution in [0.25, 0.3) is 0 Å². The maximum Gasteiger partial charge on any atom is 0.306 e. The number of carbonyl (C=O) groups excluding carboxylic acids is 1. The zero-order valence-corrected chi connectivity index (χ0v) is 36.4. The zero-order chi connectivity index (χ0) is 38.1. The Morgan fingerprint density at radius 2 is 1.38 bits per heavy atom.